The number of benzene rings is 2. The minimum absolute atomic E-state index is 0.232. The maximum absolute atomic E-state index is 13.6. The van der Waals surface area contributed by atoms with Gasteiger partial charge in [0.2, 0.25) is 0 Å². The van der Waals surface area contributed by atoms with Crippen molar-refractivity contribution in [2.45, 2.75) is 6.42 Å². The Morgan fingerprint density at radius 3 is 2.59 bits per heavy atom. The van der Waals surface area contributed by atoms with E-state index in [2.05, 4.69) is 0 Å². The van der Waals surface area contributed by atoms with E-state index in [9.17, 15) is 4.39 Å². The van der Waals surface area contributed by atoms with Crippen LogP contribution in [0.4, 0.5) is 4.39 Å². The highest BCUT2D eigenvalue weighted by Crippen LogP contribution is 2.16. The van der Waals surface area contributed by atoms with Crippen LogP contribution < -0.4 is 0 Å². The normalized spacial score (nSPS) is 9.88. The van der Waals surface area contributed by atoms with E-state index in [1.807, 2.05) is 36.4 Å². The smallest absolute Gasteiger partial charge is 0.126 e. The van der Waals surface area contributed by atoms with Gasteiger partial charge in [0.15, 0.2) is 0 Å². The van der Waals surface area contributed by atoms with Crippen LogP contribution in [0, 0.1) is 23.6 Å². The van der Waals surface area contributed by atoms with Crippen molar-refractivity contribution < 1.29 is 4.39 Å². The Kier molecular flexibility index (Phi) is 3.52. The Balaban J connectivity index is 2.26. The maximum Gasteiger partial charge on any atom is 0.126 e. The zero-order chi connectivity index (χ0) is 12.1. The zero-order valence-corrected chi connectivity index (χ0v) is 9.23. The first-order chi connectivity index (χ1) is 8.29. The average Bonchev–Trinajstić information content (AvgIpc) is 2.35. The van der Waals surface area contributed by atoms with Crippen LogP contribution in [0.1, 0.15) is 16.7 Å². The first-order valence-electron chi connectivity index (χ1n) is 5.35. The largest absolute Gasteiger partial charge is 0.207 e. The molecule has 2 heteroatoms. The lowest BCUT2D eigenvalue weighted by molar-refractivity contribution is 0.613. The molecule has 0 spiro atoms. The van der Waals surface area contributed by atoms with E-state index < -0.39 is 0 Å². The second kappa shape index (κ2) is 5.27. The topological polar surface area (TPSA) is 23.8 Å². The molecule has 0 aliphatic heterocycles. The van der Waals surface area contributed by atoms with Gasteiger partial charge in [-0.05, 0) is 22.8 Å². The summed E-state index contributed by atoms with van der Waals surface area (Å²) in [5.41, 5.74) is 2.40. The molecule has 17 heavy (non-hydrogen) atoms. The van der Waals surface area contributed by atoms with Crippen LogP contribution >= 0.6 is 0 Å². The minimum Gasteiger partial charge on any atom is -0.207 e. The highest BCUT2D eigenvalue weighted by atomic mass is 19.1. The first kappa shape index (κ1) is 11.3. The summed E-state index contributed by atoms with van der Waals surface area (Å²) in [6.45, 7) is 0. The Bertz CT molecular complexity index is 541. The van der Waals surface area contributed by atoms with Gasteiger partial charge < -0.3 is 0 Å². The zero-order valence-electron chi connectivity index (χ0n) is 9.23. The van der Waals surface area contributed by atoms with Gasteiger partial charge in [0.25, 0.3) is 0 Å². The molecule has 2 aromatic rings. The molecule has 2 rings (SSSR count). The van der Waals surface area contributed by atoms with Gasteiger partial charge in [0.05, 0.1) is 12.5 Å². The second-order valence-corrected chi connectivity index (χ2v) is 3.79. The minimum atomic E-state index is -0.232. The molecular weight excluding hydrogens is 213 g/mol. The molecule has 0 N–H and O–H groups in total. The van der Waals surface area contributed by atoms with Gasteiger partial charge in [-0.2, -0.15) is 5.26 Å². The van der Waals surface area contributed by atoms with Crippen LogP contribution in [0.3, 0.4) is 0 Å². The van der Waals surface area contributed by atoms with Crippen molar-refractivity contribution in [1.29, 1.82) is 5.26 Å². The van der Waals surface area contributed by atoms with E-state index in [-0.39, 0.29) is 5.82 Å². The van der Waals surface area contributed by atoms with E-state index in [0.29, 0.717) is 12.0 Å². The average molecular weight is 224 g/mol. The predicted octanol–water partition coefficient (Wildman–Crippen LogP) is 3.49. The van der Waals surface area contributed by atoms with E-state index in [1.165, 1.54) is 12.5 Å². The lowest BCUT2D eigenvalue weighted by atomic mass is 10.0. The van der Waals surface area contributed by atoms with Gasteiger partial charge in [0.1, 0.15) is 5.82 Å². The molecule has 1 radical (unpaired) electrons. The second-order valence-electron chi connectivity index (χ2n) is 3.79. The molecule has 83 valence electrons. The van der Waals surface area contributed by atoms with Gasteiger partial charge in [-0.3, -0.25) is 0 Å². The molecule has 0 heterocycles. The summed E-state index contributed by atoms with van der Waals surface area (Å²) in [4.78, 5) is 0. The molecule has 0 aliphatic rings. The third-order valence-electron chi connectivity index (χ3n) is 2.54. The van der Waals surface area contributed by atoms with Crippen molar-refractivity contribution in [3.63, 3.8) is 0 Å². The van der Waals surface area contributed by atoms with Crippen LogP contribution in [0.5, 0.6) is 0 Å². The summed E-state index contributed by atoms with van der Waals surface area (Å²) in [7, 11) is 0. The molecule has 0 amide bonds. The molecule has 0 saturated carbocycles. The van der Waals surface area contributed by atoms with E-state index in [0.717, 1.165) is 11.1 Å². The highest BCUT2D eigenvalue weighted by Gasteiger charge is 2.04. The Hall–Kier alpha value is -2.14. The van der Waals surface area contributed by atoms with Crippen LogP contribution in [-0.2, 0) is 6.42 Å². The fraction of sp³-hybridized carbons (Fsp3) is 0.0667. The van der Waals surface area contributed by atoms with Gasteiger partial charge >= 0.3 is 0 Å². The van der Waals surface area contributed by atoms with Crippen molar-refractivity contribution in [3.8, 4) is 6.07 Å². The van der Waals surface area contributed by atoms with Gasteiger partial charge in [-0.1, -0.05) is 42.5 Å². The molecule has 0 aromatic heterocycles. The molecule has 1 nitrogen and oxygen atoms in total. The van der Waals surface area contributed by atoms with Crippen molar-refractivity contribution in [2.24, 2.45) is 0 Å². The summed E-state index contributed by atoms with van der Waals surface area (Å²) in [5.74, 6) is -0.232. The summed E-state index contributed by atoms with van der Waals surface area (Å²) in [6, 6.07) is 16.4. The van der Waals surface area contributed by atoms with Crippen molar-refractivity contribution in [3.05, 3.63) is 77.5 Å². The summed E-state index contributed by atoms with van der Waals surface area (Å²) in [6.07, 6.45) is 1.95. The fourth-order valence-corrected chi connectivity index (χ4v) is 1.71. The van der Waals surface area contributed by atoms with Crippen molar-refractivity contribution >= 4 is 0 Å². The van der Waals surface area contributed by atoms with Crippen LogP contribution in [0.15, 0.2) is 48.5 Å². The van der Waals surface area contributed by atoms with Crippen LogP contribution in [-0.4, -0.2) is 0 Å². The number of rotatable bonds is 3. The van der Waals surface area contributed by atoms with E-state index in [1.54, 1.807) is 12.1 Å². The lowest BCUT2D eigenvalue weighted by Gasteiger charge is -2.05. The summed E-state index contributed by atoms with van der Waals surface area (Å²) < 4.78 is 13.6. The molecule has 0 unspecified atom stereocenters. The Labute approximate surface area is 100 Å². The van der Waals surface area contributed by atoms with Crippen molar-refractivity contribution in [1.82, 2.24) is 0 Å². The van der Waals surface area contributed by atoms with Gasteiger partial charge in [-0.25, -0.2) is 4.39 Å². The third-order valence-corrected chi connectivity index (χ3v) is 2.54. The summed E-state index contributed by atoms with van der Waals surface area (Å²) in [5, 5.41) is 8.57. The maximum atomic E-state index is 13.6. The number of hydrogen-bond acceptors (Lipinski definition) is 1. The highest BCUT2D eigenvalue weighted by molar-refractivity contribution is 5.36. The molecule has 0 bridgehead atoms. The van der Waals surface area contributed by atoms with Gasteiger partial charge in [0, 0.05) is 6.42 Å². The number of nitriles is 1. The monoisotopic (exact) mass is 224 g/mol. The number of halogens is 1. The van der Waals surface area contributed by atoms with Crippen LogP contribution in [0.25, 0.3) is 0 Å². The van der Waals surface area contributed by atoms with E-state index in [4.69, 9.17) is 5.26 Å². The van der Waals surface area contributed by atoms with Crippen LogP contribution in [0.2, 0.25) is 0 Å². The first-order valence-corrected chi connectivity index (χ1v) is 5.35. The SMILES string of the molecule is N#C[CH]c1ccc(F)c(Cc2ccccc2)c1. The van der Waals surface area contributed by atoms with Gasteiger partial charge in [-0.15, -0.1) is 0 Å². The predicted molar refractivity (Wildman–Crippen MR) is 64.7 cm³/mol. The molecule has 0 atom stereocenters. The molecule has 0 saturated heterocycles. The Morgan fingerprint density at radius 2 is 1.88 bits per heavy atom. The Morgan fingerprint density at radius 1 is 1.12 bits per heavy atom. The number of hydrogen-bond donors (Lipinski definition) is 0. The third kappa shape index (κ3) is 2.92. The quantitative estimate of drug-likeness (QED) is 0.782. The number of nitrogens with zero attached hydrogens (tertiary/aromatic N) is 1. The standard InChI is InChI=1S/C15H11FN/c16-15-7-6-13(8-9-17)11-14(15)10-12-4-2-1-3-5-12/h1-8,11H,10H2. The lowest BCUT2D eigenvalue weighted by Crippen LogP contribution is -1.94. The summed E-state index contributed by atoms with van der Waals surface area (Å²) >= 11 is 0. The van der Waals surface area contributed by atoms with E-state index >= 15 is 0 Å². The molecular formula is C15H11FN. The van der Waals surface area contributed by atoms with Crippen molar-refractivity contribution in [2.75, 3.05) is 0 Å². The molecule has 0 aliphatic carbocycles. The molecule has 2 aromatic carbocycles. The molecule has 0 fully saturated rings. The fourth-order valence-electron chi connectivity index (χ4n) is 1.71.